The summed E-state index contributed by atoms with van der Waals surface area (Å²) in [6, 6.07) is 7.74. The van der Waals surface area contributed by atoms with Gasteiger partial charge in [-0.3, -0.25) is 4.68 Å². The topological polar surface area (TPSA) is 144 Å². The number of rotatable bonds is 19. The minimum Gasteiger partial charge on any atom is -0.383 e. The van der Waals surface area contributed by atoms with Gasteiger partial charge in [-0.05, 0) is 17.7 Å². The molecule has 17 heteroatoms. The molecule has 0 spiro atoms. The van der Waals surface area contributed by atoms with Crippen molar-refractivity contribution in [1.82, 2.24) is 34.7 Å². The predicted octanol–water partition coefficient (Wildman–Crippen LogP) is 2.34. The second kappa shape index (κ2) is 18.1. The lowest BCUT2D eigenvalue weighted by Gasteiger charge is -2.35. The molecule has 0 radical (unpaired) electrons. The lowest BCUT2D eigenvalue weighted by molar-refractivity contribution is 0.189. The molecular formula is C32H47ClN12O4. The van der Waals surface area contributed by atoms with Crippen molar-refractivity contribution in [2.45, 2.75) is 6.54 Å². The zero-order valence-electron chi connectivity index (χ0n) is 29.0. The maximum atomic E-state index is 6.33. The van der Waals surface area contributed by atoms with E-state index in [1.807, 2.05) is 31.3 Å². The highest BCUT2D eigenvalue weighted by atomic mass is 35.5. The van der Waals surface area contributed by atoms with Gasteiger partial charge in [-0.2, -0.15) is 9.97 Å². The summed E-state index contributed by atoms with van der Waals surface area (Å²) >= 11 is 6.33. The number of hydrogen-bond acceptors (Lipinski definition) is 15. The molecule has 1 aliphatic rings. The summed E-state index contributed by atoms with van der Waals surface area (Å²) in [5.41, 5.74) is 2.26. The molecule has 0 atom stereocenters. The predicted molar refractivity (Wildman–Crippen MR) is 191 cm³/mol. The van der Waals surface area contributed by atoms with E-state index in [4.69, 9.17) is 50.5 Å². The van der Waals surface area contributed by atoms with Crippen LogP contribution < -0.4 is 24.9 Å². The van der Waals surface area contributed by atoms with Gasteiger partial charge in [0.1, 0.15) is 17.4 Å². The highest BCUT2D eigenvalue weighted by Gasteiger charge is 2.27. The summed E-state index contributed by atoms with van der Waals surface area (Å²) in [6.45, 7) is 7.57. The summed E-state index contributed by atoms with van der Waals surface area (Å²) in [5.74, 6) is 3.09. The Morgan fingerprint density at radius 3 is 1.88 bits per heavy atom. The first-order valence-electron chi connectivity index (χ1n) is 16.3. The molecule has 0 saturated carbocycles. The molecule has 1 aliphatic heterocycles. The average Bonchev–Trinajstić information content (AvgIpc) is 3.56. The van der Waals surface area contributed by atoms with Gasteiger partial charge in [0.15, 0.2) is 11.6 Å². The number of piperazine rings is 1. The molecule has 16 nitrogen and oxygen atoms in total. The Morgan fingerprint density at radius 2 is 1.33 bits per heavy atom. The quantitative estimate of drug-likeness (QED) is 0.153. The zero-order chi connectivity index (χ0) is 34.6. The molecule has 49 heavy (non-hydrogen) atoms. The molecule has 4 heterocycles. The fourth-order valence-electron chi connectivity index (χ4n) is 5.46. The Bertz CT molecular complexity index is 1600. The number of benzene rings is 1. The second-order valence-electron chi connectivity index (χ2n) is 11.5. The molecule has 1 N–H and O–H groups in total. The van der Waals surface area contributed by atoms with Gasteiger partial charge >= 0.3 is 0 Å². The van der Waals surface area contributed by atoms with Crippen LogP contribution in [0, 0.1) is 0 Å². The standard InChI is InChI=1S/C32H47ClN12O4/c1-41-23-35-30(40-41)43-11-9-42(10-12-43)29-27-26(36-32(39-29)45(15-19-48-4)16-20-49-5)28(34-22-24-7-6-8-25(33)21-24)38-31(37-27)44(13-17-46-2)14-18-47-3/h6-8,21,23H,9-20,22H2,1-5H3,(H,34,37,38). The number of anilines is 5. The zero-order valence-corrected chi connectivity index (χ0v) is 29.8. The minimum atomic E-state index is 0.476. The van der Waals surface area contributed by atoms with Gasteiger partial charge < -0.3 is 43.9 Å². The Balaban J connectivity index is 1.63. The normalized spacial score (nSPS) is 13.3. The van der Waals surface area contributed by atoms with Gasteiger partial charge in [0.25, 0.3) is 0 Å². The van der Waals surface area contributed by atoms with Crippen molar-refractivity contribution in [3.05, 3.63) is 41.2 Å². The minimum absolute atomic E-state index is 0.476. The number of fused-ring (bicyclic) bond motifs is 1. The number of aryl methyl sites for hydroxylation is 1. The third kappa shape index (κ3) is 9.54. The van der Waals surface area contributed by atoms with E-state index in [0.717, 1.165) is 11.4 Å². The van der Waals surface area contributed by atoms with Gasteiger partial charge in [0, 0.05) is 99.4 Å². The SMILES string of the molecule is COCCN(CCOC)c1nc(N2CCN(c3ncn(C)n3)CC2)c2nc(N(CCOC)CCOC)nc(NCc3cccc(Cl)c3)c2n1. The van der Waals surface area contributed by atoms with E-state index < -0.39 is 0 Å². The van der Waals surface area contributed by atoms with Gasteiger partial charge in [-0.25, -0.2) is 15.0 Å². The monoisotopic (exact) mass is 698 g/mol. The van der Waals surface area contributed by atoms with Gasteiger partial charge in [-0.1, -0.05) is 23.7 Å². The van der Waals surface area contributed by atoms with Crippen LogP contribution in [0.4, 0.5) is 29.5 Å². The van der Waals surface area contributed by atoms with Crippen LogP contribution >= 0.6 is 11.6 Å². The van der Waals surface area contributed by atoms with Crippen molar-refractivity contribution in [2.75, 3.05) is 132 Å². The van der Waals surface area contributed by atoms with Crippen LogP contribution in [-0.4, -0.2) is 142 Å². The highest BCUT2D eigenvalue weighted by Crippen LogP contribution is 2.32. The Morgan fingerprint density at radius 1 is 0.755 bits per heavy atom. The summed E-state index contributed by atoms with van der Waals surface area (Å²) in [5, 5.41) is 8.73. The molecule has 3 aromatic heterocycles. The maximum Gasteiger partial charge on any atom is 0.244 e. The van der Waals surface area contributed by atoms with Crippen molar-refractivity contribution in [1.29, 1.82) is 0 Å². The Labute approximate surface area is 292 Å². The average molecular weight is 699 g/mol. The van der Waals surface area contributed by atoms with Crippen molar-refractivity contribution >= 4 is 52.1 Å². The smallest absolute Gasteiger partial charge is 0.244 e. The van der Waals surface area contributed by atoms with E-state index in [2.05, 4.69) is 35.0 Å². The fraction of sp³-hybridized carbons (Fsp3) is 0.562. The van der Waals surface area contributed by atoms with Crippen LogP contribution in [0.3, 0.4) is 0 Å². The van der Waals surface area contributed by atoms with Crippen LogP contribution in [0.2, 0.25) is 5.02 Å². The van der Waals surface area contributed by atoms with Crippen LogP contribution in [0.1, 0.15) is 5.56 Å². The second-order valence-corrected chi connectivity index (χ2v) is 12.0. The Kier molecular flexibility index (Phi) is 13.3. The van der Waals surface area contributed by atoms with Crippen LogP contribution in [0.15, 0.2) is 30.6 Å². The third-order valence-corrected chi connectivity index (χ3v) is 8.36. The van der Waals surface area contributed by atoms with E-state index in [1.54, 1.807) is 39.4 Å². The van der Waals surface area contributed by atoms with E-state index in [0.29, 0.717) is 125 Å². The number of nitrogens with one attached hydrogen (secondary N) is 1. The number of ether oxygens (including phenoxy) is 4. The summed E-state index contributed by atoms with van der Waals surface area (Å²) in [7, 11) is 8.60. The first kappa shape index (κ1) is 36.2. The lowest BCUT2D eigenvalue weighted by atomic mass is 10.2. The van der Waals surface area contributed by atoms with Crippen LogP contribution in [0.25, 0.3) is 11.0 Å². The third-order valence-electron chi connectivity index (χ3n) is 8.13. The van der Waals surface area contributed by atoms with E-state index in [-0.39, 0.29) is 0 Å². The molecule has 0 aliphatic carbocycles. The summed E-state index contributed by atoms with van der Waals surface area (Å²) < 4.78 is 23.5. The number of nitrogens with zero attached hydrogens (tertiary/aromatic N) is 11. The van der Waals surface area contributed by atoms with Crippen molar-refractivity contribution in [2.24, 2.45) is 7.05 Å². The van der Waals surface area contributed by atoms with Crippen molar-refractivity contribution < 1.29 is 18.9 Å². The number of halogens is 1. The molecule has 266 valence electrons. The van der Waals surface area contributed by atoms with Crippen LogP contribution in [-0.2, 0) is 32.5 Å². The Hall–Kier alpha value is -4.09. The molecule has 1 saturated heterocycles. The van der Waals surface area contributed by atoms with E-state index in [1.165, 1.54) is 0 Å². The fourth-order valence-corrected chi connectivity index (χ4v) is 5.67. The molecule has 1 aromatic carbocycles. The molecular weight excluding hydrogens is 652 g/mol. The molecule has 1 fully saturated rings. The molecule has 4 aromatic rings. The first-order valence-corrected chi connectivity index (χ1v) is 16.7. The molecule has 0 amide bonds. The van der Waals surface area contributed by atoms with Crippen molar-refractivity contribution in [3.8, 4) is 0 Å². The van der Waals surface area contributed by atoms with Crippen molar-refractivity contribution in [3.63, 3.8) is 0 Å². The molecule has 0 bridgehead atoms. The molecule has 5 rings (SSSR count). The number of hydrogen-bond donors (Lipinski definition) is 1. The van der Waals surface area contributed by atoms with E-state index in [9.17, 15) is 0 Å². The summed E-state index contributed by atoms with van der Waals surface area (Å²) in [6.07, 6.45) is 1.72. The van der Waals surface area contributed by atoms with Gasteiger partial charge in [0.2, 0.25) is 17.8 Å². The van der Waals surface area contributed by atoms with Crippen LogP contribution in [0.5, 0.6) is 0 Å². The van der Waals surface area contributed by atoms with E-state index >= 15 is 0 Å². The van der Waals surface area contributed by atoms with Gasteiger partial charge in [0.05, 0.1) is 26.4 Å². The molecule has 0 unspecified atom stereocenters. The highest BCUT2D eigenvalue weighted by molar-refractivity contribution is 6.30. The first-order chi connectivity index (χ1) is 23.9. The maximum absolute atomic E-state index is 6.33. The largest absolute Gasteiger partial charge is 0.383 e. The number of methoxy groups -OCH3 is 4. The number of aromatic nitrogens is 7. The lowest BCUT2D eigenvalue weighted by Crippen LogP contribution is -2.47. The van der Waals surface area contributed by atoms with Gasteiger partial charge in [-0.15, -0.1) is 5.10 Å². The summed E-state index contributed by atoms with van der Waals surface area (Å²) in [4.78, 5) is 33.6.